The average Bonchev–Trinajstić information content (AvgIpc) is 2.50. The van der Waals surface area contributed by atoms with Crippen molar-refractivity contribution < 1.29 is 9.90 Å². The lowest BCUT2D eigenvalue weighted by molar-refractivity contribution is -0.136. The van der Waals surface area contributed by atoms with Gasteiger partial charge in [-0.15, -0.1) is 0 Å². The first-order chi connectivity index (χ1) is 10.9. The van der Waals surface area contributed by atoms with Crippen LogP contribution in [0.1, 0.15) is 50.5 Å². The molecule has 0 heterocycles. The molecule has 0 amide bonds. The predicted octanol–water partition coefficient (Wildman–Crippen LogP) is 6.43. The Bertz CT molecular complexity index is 495. The van der Waals surface area contributed by atoms with Gasteiger partial charge in [-0.3, -0.25) is 0 Å². The number of rotatable bonds is 11. The summed E-state index contributed by atoms with van der Waals surface area (Å²) < 4.78 is -1.80. The van der Waals surface area contributed by atoms with Crippen LogP contribution in [0.15, 0.2) is 36.4 Å². The molecule has 1 aromatic carbocycles. The third-order valence-corrected chi connectivity index (χ3v) is 4.44. The number of aliphatic carboxylic acids is 1. The van der Waals surface area contributed by atoms with Crippen molar-refractivity contribution >= 4 is 40.8 Å². The van der Waals surface area contributed by atoms with Crippen LogP contribution in [0.3, 0.4) is 0 Å². The van der Waals surface area contributed by atoms with Crippen molar-refractivity contribution in [2.75, 3.05) is 0 Å². The van der Waals surface area contributed by atoms with E-state index >= 15 is 0 Å². The van der Waals surface area contributed by atoms with Crippen LogP contribution in [-0.2, 0) is 11.2 Å². The van der Waals surface area contributed by atoms with Crippen molar-refractivity contribution in [2.24, 2.45) is 0 Å². The second kappa shape index (κ2) is 11.0. The zero-order chi connectivity index (χ0) is 17.1. The van der Waals surface area contributed by atoms with E-state index in [1.165, 1.54) is 37.3 Å². The lowest BCUT2D eigenvalue weighted by atomic mass is 10.0. The number of allylic oxidation sites excluding steroid dienone is 1. The molecule has 0 saturated carbocycles. The highest BCUT2D eigenvalue weighted by atomic mass is 35.5. The van der Waals surface area contributed by atoms with E-state index in [1.54, 1.807) is 6.08 Å². The summed E-state index contributed by atoms with van der Waals surface area (Å²) in [6.45, 7) is 0. The van der Waals surface area contributed by atoms with Crippen LogP contribution in [0.2, 0.25) is 5.02 Å². The molecule has 0 bridgehead atoms. The molecule has 2 nitrogen and oxygen atoms in total. The second-order valence-corrected chi connectivity index (χ2v) is 7.44. The van der Waals surface area contributed by atoms with E-state index in [9.17, 15) is 4.79 Å². The molecule has 0 unspecified atom stereocenters. The molecule has 0 aliphatic heterocycles. The summed E-state index contributed by atoms with van der Waals surface area (Å²) in [6.07, 6.45) is 12.0. The highest BCUT2D eigenvalue weighted by Crippen LogP contribution is 2.23. The maximum atomic E-state index is 10.7. The van der Waals surface area contributed by atoms with Gasteiger partial charge < -0.3 is 5.11 Å². The third-order valence-electron chi connectivity index (χ3n) is 3.61. The fourth-order valence-corrected chi connectivity index (χ4v) is 2.56. The smallest absolute Gasteiger partial charge is 0.344 e. The number of carbonyl (C=O) groups is 1. The number of carboxylic acids is 1. The first-order valence-electron chi connectivity index (χ1n) is 7.95. The minimum absolute atomic E-state index is 0.784. The molecule has 0 radical (unpaired) electrons. The molecule has 0 saturated heterocycles. The number of aryl methyl sites for hydroxylation is 1. The van der Waals surface area contributed by atoms with Crippen molar-refractivity contribution in [3.63, 3.8) is 0 Å². The van der Waals surface area contributed by atoms with Crippen LogP contribution in [0.4, 0.5) is 0 Å². The molecular formula is C18H23Cl3O2. The third kappa shape index (κ3) is 9.24. The molecule has 0 aromatic heterocycles. The predicted molar refractivity (Wildman–Crippen MR) is 98.7 cm³/mol. The number of carboxylic acid groups (broad SMARTS) is 1. The Hall–Kier alpha value is -0.700. The van der Waals surface area contributed by atoms with E-state index in [0.29, 0.717) is 0 Å². The topological polar surface area (TPSA) is 37.3 Å². The summed E-state index contributed by atoms with van der Waals surface area (Å²) in [5.41, 5.74) is 1.34. The van der Waals surface area contributed by atoms with E-state index in [2.05, 4.69) is 12.1 Å². The minimum Gasteiger partial charge on any atom is -0.479 e. The molecular weight excluding hydrogens is 355 g/mol. The molecule has 5 heteroatoms. The van der Waals surface area contributed by atoms with Crippen molar-refractivity contribution in [2.45, 2.75) is 55.7 Å². The molecule has 1 aromatic rings. The van der Waals surface area contributed by atoms with Gasteiger partial charge in [0.25, 0.3) is 0 Å². The van der Waals surface area contributed by atoms with E-state index in [0.717, 1.165) is 30.7 Å². The van der Waals surface area contributed by atoms with Crippen molar-refractivity contribution in [1.29, 1.82) is 0 Å². The van der Waals surface area contributed by atoms with Gasteiger partial charge in [-0.05, 0) is 49.5 Å². The summed E-state index contributed by atoms with van der Waals surface area (Å²) in [7, 11) is 0. The standard InChI is InChI=1S/C18H23Cl3O2/c19-16-12-10-15(11-13-16)9-7-5-3-1-2-4-6-8-14-18(20,21)17(22)23/h8,10-14H,1-7,9H2,(H,22,23). The molecule has 0 spiro atoms. The molecule has 1 N–H and O–H groups in total. The Balaban J connectivity index is 1.98. The quantitative estimate of drug-likeness (QED) is 0.274. The van der Waals surface area contributed by atoms with E-state index in [1.807, 2.05) is 12.1 Å². The summed E-state index contributed by atoms with van der Waals surface area (Å²) in [6, 6.07) is 8.04. The number of alkyl halides is 2. The molecule has 128 valence electrons. The lowest BCUT2D eigenvalue weighted by Gasteiger charge is -2.07. The normalized spacial score (nSPS) is 12.0. The number of hydrogen-bond donors (Lipinski definition) is 1. The van der Waals surface area contributed by atoms with Crippen LogP contribution in [-0.4, -0.2) is 15.4 Å². The lowest BCUT2D eigenvalue weighted by Crippen LogP contribution is -2.22. The monoisotopic (exact) mass is 376 g/mol. The number of unbranched alkanes of at least 4 members (excludes halogenated alkanes) is 6. The maximum Gasteiger partial charge on any atom is 0.344 e. The van der Waals surface area contributed by atoms with Crippen LogP contribution in [0, 0.1) is 0 Å². The maximum absolute atomic E-state index is 10.7. The second-order valence-electron chi connectivity index (χ2n) is 5.62. The average molecular weight is 378 g/mol. The van der Waals surface area contributed by atoms with Crippen LogP contribution >= 0.6 is 34.8 Å². The van der Waals surface area contributed by atoms with Gasteiger partial charge in [0.1, 0.15) is 0 Å². The van der Waals surface area contributed by atoms with Crippen LogP contribution < -0.4 is 0 Å². The van der Waals surface area contributed by atoms with E-state index < -0.39 is 10.3 Å². The molecule has 23 heavy (non-hydrogen) atoms. The van der Waals surface area contributed by atoms with Gasteiger partial charge >= 0.3 is 5.97 Å². The molecule has 0 aliphatic rings. The zero-order valence-electron chi connectivity index (χ0n) is 13.1. The Kier molecular flexibility index (Phi) is 9.69. The van der Waals surface area contributed by atoms with Gasteiger partial charge in [0.05, 0.1) is 0 Å². The SMILES string of the molecule is O=C(O)C(Cl)(Cl)C=CCCCCCCCCc1ccc(Cl)cc1. The van der Waals surface area contributed by atoms with Crippen molar-refractivity contribution in [1.82, 2.24) is 0 Å². The molecule has 0 fully saturated rings. The number of benzene rings is 1. The number of hydrogen-bond acceptors (Lipinski definition) is 1. The summed E-state index contributed by atoms with van der Waals surface area (Å²) in [4.78, 5) is 10.7. The summed E-state index contributed by atoms with van der Waals surface area (Å²) in [5.74, 6) is -1.24. The Morgan fingerprint density at radius 3 is 2.17 bits per heavy atom. The van der Waals surface area contributed by atoms with Crippen molar-refractivity contribution in [3.8, 4) is 0 Å². The minimum atomic E-state index is -1.80. The molecule has 0 aliphatic carbocycles. The van der Waals surface area contributed by atoms with Gasteiger partial charge in [-0.1, -0.05) is 78.7 Å². The largest absolute Gasteiger partial charge is 0.479 e. The fraction of sp³-hybridized carbons (Fsp3) is 0.500. The van der Waals surface area contributed by atoms with Gasteiger partial charge in [0, 0.05) is 5.02 Å². The highest BCUT2D eigenvalue weighted by molar-refractivity contribution is 6.58. The fourth-order valence-electron chi connectivity index (χ4n) is 2.25. The first kappa shape index (κ1) is 20.3. The molecule has 1 rings (SSSR count). The van der Waals surface area contributed by atoms with Gasteiger partial charge in [-0.25, -0.2) is 4.79 Å². The Labute approximate surface area is 153 Å². The van der Waals surface area contributed by atoms with Crippen molar-refractivity contribution in [3.05, 3.63) is 47.0 Å². The Morgan fingerprint density at radius 1 is 1.00 bits per heavy atom. The van der Waals surface area contributed by atoms with E-state index in [-0.39, 0.29) is 0 Å². The van der Waals surface area contributed by atoms with Gasteiger partial charge in [-0.2, -0.15) is 0 Å². The summed E-state index contributed by atoms with van der Waals surface area (Å²) in [5, 5.41) is 9.52. The number of halogens is 3. The molecule has 0 atom stereocenters. The highest BCUT2D eigenvalue weighted by Gasteiger charge is 2.29. The van der Waals surface area contributed by atoms with Gasteiger partial charge in [0.2, 0.25) is 4.33 Å². The van der Waals surface area contributed by atoms with Crippen LogP contribution in [0.25, 0.3) is 0 Å². The zero-order valence-corrected chi connectivity index (χ0v) is 15.4. The Morgan fingerprint density at radius 2 is 1.57 bits per heavy atom. The first-order valence-corrected chi connectivity index (χ1v) is 9.08. The van der Waals surface area contributed by atoms with E-state index in [4.69, 9.17) is 39.9 Å². The van der Waals surface area contributed by atoms with Gasteiger partial charge in [0.15, 0.2) is 0 Å². The van der Waals surface area contributed by atoms with Crippen LogP contribution in [0.5, 0.6) is 0 Å². The summed E-state index contributed by atoms with van der Waals surface area (Å²) >= 11 is 17.1.